The summed E-state index contributed by atoms with van der Waals surface area (Å²) in [4.78, 5) is 9.63. The summed E-state index contributed by atoms with van der Waals surface area (Å²) in [5, 5.41) is 1.94. The van der Waals surface area contributed by atoms with Crippen LogP contribution in [0.1, 0.15) is 115 Å². The van der Waals surface area contributed by atoms with Gasteiger partial charge in [-0.2, -0.15) is 12.1 Å². The summed E-state index contributed by atoms with van der Waals surface area (Å²) in [6.45, 7) is 10.8. The average Bonchev–Trinajstić information content (AvgIpc) is 4.15. The standard InChI is InChI=1S/C71H55N4O.Pt/c1-42-26-32-56-57(34-42)70-67-54-21-9-7-19-52(54)66(53-20-8-10-22-55(53)67)68(56)58-35-43(2)36-64(69(58)70)74-41-73(61-24-13-14-25-62(61)74)47-16-15-17-48(38-47)76-49-31-33-51-50-18-11-12-23-60(50)75(63(51)39-49)65-37-44(3)59(40-72-65)45-27-29-46(30-28-45)71(4,5)6;/h7-37,40-41,66-68,70H,1-6H3;/q-3;/i3D3;. The molecule has 2 aromatic heterocycles. The molecule has 9 aromatic carbocycles. The minimum Gasteiger partial charge on any atom is -0.509 e. The fourth-order valence-corrected chi connectivity index (χ4v) is 13.5. The zero-order chi connectivity index (χ0) is 53.6. The largest absolute Gasteiger partial charge is 0.509 e. The van der Waals surface area contributed by atoms with Crippen molar-refractivity contribution in [2.45, 2.75) is 70.6 Å². The number of ether oxygens (including phenoxy) is 1. The summed E-state index contributed by atoms with van der Waals surface area (Å²) in [6.07, 6.45) is 1.70. The Balaban J connectivity index is 0.00000577. The average molecular weight is 1180 g/mol. The Morgan fingerprint density at radius 3 is 1.91 bits per heavy atom. The molecule has 0 N–H and O–H groups in total. The van der Waals surface area contributed by atoms with Gasteiger partial charge in [0.05, 0.1) is 0 Å². The van der Waals surface area contributed by atoms with Crippen LogP contribution in [0, 0.1) is 39.5 Å². The fraction of sp³-hybridized carbons (Fsp3) is 0.155. The van der Waals surface area contributed by atoms with Crippen molar-refractivity contribution in [2.24, 2.45) is 0 Å². The van der Waals surface area contributed by atoms with E-state index in [2.05, 4.69) is 191 Å². The Morgan fingerprint density at radius 1 is 0.545 bits per heavy atom. The summed E-state index contributed by atoms with van der Waals surface area (Å²) >= 11 is 0. The zero-order valence-corrected chi connectivity index (χ0v) is 45.6. The van der Waals surface area contributed by atoms with Crippen molar-refractivity contribution in [3.05, 3.63) is 280 Å². The molecule has 0 fully saturated rings. The number of rotatable bonds is 6. The predicted octanol–water partition coefficient (Wildman–Crippen LogP) is 17.7. The summed E-state index contributed by atoms with van der Waals surface area (Å²) in [5.41, 5.74) is 22.5. The van der Waals surface area contributed by atoms with E-state index in [-0.39, 0.29) is 55.7 Å². The van der Waals surface area contributed by atoms with Crippen LogP contribution in [0.2, 0.25) is 0 Å². The Hall–Kier alpha value is -7.98. The molecule has 3 heterocycles. The van der Waals surface area contributed by atoms with E-state index >= 15 is 0 Å². The molecule has 2 unspecified atom stereocenters. The van der Waals surface area contributed by atoms with Gasteiger partial charge in [0.25, 0.3) is 0 Å². The zero-order valence-electron chi connectivity index (χ0n) is 46.4. The van der Waals surface area contributed by atoms with Crippen molar-refractivity contribution in [3.63, 3.8) is 0 Å². The third kappa shape index (κ3) is 7.34. The first-order valence-electron chi connectivity index (χ1n) is 28.0. The van der Waals surface area contributed by atoms with Crippen molar-refractivity contribution in [1.29, 1.82) is 0 Å². The fourth-order valence-electron chi connectivity index (χ4n) is 13.5. The molecule has 77 heavy (non-hydrogen) atoms. The van der Waals surface area contributed by atoms with Gasteiger partial charge in [-0.25, -0.2) is 4.98 Å². The van der Waals surface area contributed by atoms with Crippen molar-refractivity contribution >= 4 is 44.6 Å². The van der Waals surface area contributed by atoms with E-state index in [1.807, 2.05) is 59.2 Å². The number of aromatic nitrogens is 2. The van der Waals surface area contributed by atoms with Gasteiger partial charge < -0.3 is 19.1 Å². The molecule has 1 aliphatic heterocycles. The molecule has 0 amide bonds. The number of hydrogen-bond acceptors (Lipinski definition) is 4. The molecule has 5 nitrogen and oxygen atoms in total. The van der Waals surface area contributed by atoms with Crippen LogP contribution in [0.15, 0.2) is 194 Å². The molecule has 378 valence electrons. The molecule has 0 radical (unpaired) electrons. The van der Waals surface area contributed by atoms with Gasteiger partial charge in [-0.15, -0.1) is 48.1 Å². The number of benzene rings is 9. The van der Waals surface area contributed by atoms with Gasteiger partial charge in [-0.05, 0) is 129 Å². The molecule has 4 bridgehead atoms. The summed E-state index contributed by atoms with van der Waals surface area (Å²) in [6, 6.07) is 74.5. The second kappa shape index (κ2) is 17.8. The van der Waals surface area contributed by atoms with E-state index in [0.29, 0.717) is 22.9 Å². The van der Waals surface area contributed by atoms with E-state index in [1.165, 1.54) is 66.9 Å². The topological polar surface area (TPSA) is 33.5 Å². The maximum Gasteiger partial charge on any atom is 0.135 e. The Morgan fingerprint density at radius 2 is 1.18 bits per heavy atom. The third-order valence-electron chi connectivity index (χ3n) is 16.8. The monoisotopic (exact) mass is 1180 g/mol. The van der Waals surface area contributed by atoms with Crippen LogP contribution in [0.5, 0.6) is 11.5 Å². The number of hydrogen-bond donors (Lipinski definition) is 0. The molecule has 0 saturated heterocycles. The SMILES string of the molecule is [2H]C([2H])([2H])c1cc(-n2c3[c-]c(Oc4[c-]c(N5[CH-]N(c6cc(C)cc7c6C6c8cc(C)ccc8C7C7c8ccccc8C6c6ccccc67)c6ccccc65)ccc4)ccc3c3ccccc32)ncc1-c1ccc(C(C)(C)C)cc1.[Pt]. The Labute approximate surface area is 469 Å². The van der Waals surface area contributed by atoms with E-state index < -0.39 is 6.85 Å². The Kier molecular flexibility index (Phi) is 10.2. The minimum atomic E-state index is -2.40. The number of para-hydroxylation sites is 3. The van der Waals surface area contributed by atoms with Gasteiger partial charge in [-0.1, -0.05) is 159 Å². The van der Waals surface area contributed by atoms with Gasteiger partial charge in [0, 0.05) is 94.7 Å². The number of anilines is 4. The molecule has 6 aliphatic carbocycles. The first kappa shape index (κ1) is 44.2. The second-order valence-electron chi connectivity index (χ2n) is 22.3. The number of fused-ring (bicyclic) bond motifs is 4. The van der Waals surface area contributed by atoms with E-state index in [4.69, 9.17) is 13.8 Å². The van der Waals surface area contributed by atoms with Gasteiger partial charge >= 0.3 is 0 Å². The van der Waals surface area contributed by atoms with Gasteiger partial charge in [-0.3, -0.25) is 0 Å². The molecule has 18 rings (SSSR count). The van der Waals surface area contributed by atoms with E-state index in [1.54, 1.807) is 12.3 Å². The van der Waals surface area contributed by atoms with Gasteiger partial charge in [0.2, 0.25) is 0 Å². The first-order valence-corrected chi connectivity index (χ1v) is 26.5. The van der Waals surface area contributed by atoms with Crippen LogP contribution >= 0.6 is 0 Å². The van der Waals surface area contributed by atoms with Crippen molar-refractivity contribution in [1.82, 2.24) is 9.55 Å². The molecule has 2 atom stereocenters. The van der Waals surface area contributed by atoms with Crippen LogP contribution in [0.3, 0.4) is 0 Å². The second-order valence-corrected chi connectivity index (χ2v) is 22.3. The quantitative estimate of drug-likeness (QED) is 0.155. The molecule has 11 aromatic rings. The van der Waals surface area contributed by atoms with Crippen molar-refractivity contribution in [3.8, 4) is 28.4 Å². The van der Waals surface area contributed by atoms with Gasteiger partial charge in [0.1, 0.15) is 5.82 Å². The van der Waals surface area contributed by atoms with Crippen LogP contribution in [0.4, 0.5) is 22.7 Å². The molecular weight excluding hydrogens is 1120 g/mol. The van der Waals surface area contributed by atoms with Crippen molar-refractivity contribution < 1.29 is 29.9 Å². The summed E-state index contributed by atoms with van der Waals surface area (Å²) in [7, 11) is 0. The molecule has 7 aliphatic rings. The van der Waals surface area contributed by atoms with E-state index in [9.17, 15) is 0 Å². The summed E-state index contributed by atoms with van der Waals surface area (Å²) < 4.78 is 34.9. The number of pyridine rings is 1. The molecule has 6 heteroatoms. The van der Waals surface area contributed by atoms with Crippen LogP contribution in [-0.2, 0) is 26.5 Å². The maximum absolute atomic E-state index is 8.71. The smallest absolute Gasteiger partial charge is 0.135 e. The van der Waals surface area contributed by atoms with Crippen molar-refractivity contribution in [2.75, 3.05) is 9.80 Å². The normalized spacial score (nSPS) is 18.3. The number of nitrogens with zero attached hydrogens (tertiary/aromatic N) is 4. The Bertz CT molecular complexity index is 4280. The third-order valence-corrected chi connectivity index (χ3v) is 16.8. The molecular formula is C71H55N4OPt-3. The van der Waals surface area contributed by atoms with Crippen LogP contribution in [0.25, 0.3) is 38.8 Å². The molecule has 0 saturated carbocycles. The first-order chi connectivity index (χ1) is 38.3. The molecule has 0 spiro atoms. The summed E-state index contributed by atoms with van der Waals surface area (Å²) in [5.74, 6) is 2.00. The van der Waals surface area contributed by atoms with Crippen LogP contribution in [-0.4, -0.2) is 9.55 Å². The number of aryl methyl sites for hydroxylation is 3. The predicted molar refractivity (Wildman–Crippen MR) is 309 cm³/mol. The van der Waals surface area contributed by atoms with Gasteiger partial charge in [0.15, 0.2) is 0 Å². The minimum absolute atomic E-state index is 0. The maximum atomic E-state index is 8.71. The van der Waals surface area contributed by atoms with Crippen LogP contribution < -0.4 is 14.5 Å². The van der Waals surface area contributed by atoms with E-state index in [0.717, 1.165) is 44.4 Å².